The van der Waals surface area contributed by atoms with Gasteiger partial charge in [0.15, 0.2) is 0 Å². The van der Waals surface area contributed by atoms with Gasteiger partial charge in [0.2, 0.25) is 5.95 Å². The number of nitrogens with zero attached hydrogens (tertiary/aromatic N) is 4. The fourth-order valence-electron chi connectivity index (χ4n) is 2.36. The Hall–Kier alpha value is -2.54. The van der Waals surface area contributed by atoms with Crippen LogP contribution in [0.1, 0.15) is 40.8 Å². The first kappa shape index (κ1) is 17.3. The lowest BCUT2D eigenvalue weighted by atomic mass is 10.2. The molecule has 2 heterocycles. The zero-order chi connectivity index (χ0) is 18.1. The van der Waals surface area contributed by atoms with Crippen LogP contribution in [0.25, 0.3) is 10.2 Å². The lowest BCUT2D eigenvalue weighted by Crippen LogP contribution is -2.18. The number of fused-ring (bicyclic) bond motifs is 1. The minimum absolute atomic E-state index is 0.212. The van der Waals surface area contributed by atoms with E-state index in [4.69, 9.17) is 0 Å². The molecule has 0 aliphatic rings. The Morgan fingerprint density at radius 2 is 2.00 bits per heavy atom. The highest BCUT2D eigenvalue weighted by molar-refractivity contribution is 7.18. The molecule has 0 aliphatic carbocycles. The van der Waals surface area contributed by atoms with Crippen molar-refractivity contribution in [3.63, 3.8) is 0 Å². The number of aromatic nitrogens is 3. The summed E-state index contributed by atoms with van der Waals surface area (Å²) in [5.41, 5.74) is 2.82. The van der Waals surface area contributed by atoms with Gasteiger partial charge in [-0.05, 0) is 25.1 Å². The largest absolute Gasteiger partial charge is 0.347 e. The molecule has 0 bridgehead atoms. The summed E-state index contributed by atoms with van der Waals surface area (Å²) >= 11 is 1.66. The van der Waals surface area contributed by atoms with E-state index in [0.717, 1.165) is 20.9 Å². The number of thiazole rings is 1. The minimum Gasteiger partial charge on any atom is -0.347 e. The molecule has 6 nitrogen and oxygen atoms in total. The summed E-state index contributed by atoms with van der Waals surface area (Å²) in [6.07, 6.45) is 1.56. The highest BCUT2D eigenvalue weighted by Gasteiger charge is 2.14. The highest BCUT2D eigenvalue weighted by Crippen LogP contribution is 2.29. The summed E-state index contributed by atoms with van der Waals surface area (Å²) in [5.74, 6) is 0.766. The second-order valence-electron chi connectivity index (χ2n) is 6.41. The molecule has 2 aromatic heterocycles. The smallest absolute Gasteiger partial charge is 0.259 e. The zero-order valence-electron chi connectivity index (χ0n) is 15.0. The quantitative estimate of drug-likeness (QED) is 0.770. The van der Waals surface area contributed by atoms with Crippen molar-refractivity contribution in [1.82, 2.24) is 15.0 Å². The zero-order valence-corrected chi connectivity index (χ0v) is 15.8. The number of carbonyl (C=O) groups excluding carboxylic acids is 1. The third kappa shape index (κ3) is 3.61. The monoisotopic (exact) mass is 355 g/mol. The Balaban J connectivity index is 1.84. The van der Waals surface area contributed by atoms with E-state index in [1.165, 1.54) is 0 Å². The molecule has 0 radical (unpaired) electrons. The SMILES string of the molecule is Cc1nc(N(C)C)ncc1C(=O)Nc1ccc2nc(C(C)C)sc2c1. The second-order valence-corrected chi connectivity index (χ2v) is 7.47. The van der Waals surface area contributed by atoms with Crippen molar-refractivity contribution < 1.29 is 4.79 Å². The van der Waals surface area contributed by atoms with Crippen molar-refractivity contribution in [2.45, 2.75) is 26.7 Å². The van der Waals surface area contributed by atoms with Gasteiger partial charge in [0, 0.05) is 31.9 Å². The van der Waals surface area contributed by atoms with Gasteiger partial charge in [-0.25, -0.2) is 15.0 Å². The lowest BCUT2D eigenvalue weighted by molar-refractivity contribution is 0.102. The maximum Gasteiger partial charge on any atom is 0.259 e. The third-order valence-corrected chi connectivity index (χ3v) is 5.09. The molecule has 0 spiro atoms. The summed E-state index contributed by atoms with van der Waals surface area (Å²) in [6, 6.07) is 5.77. The van der Waals surface area contributed by atoms with Gasteiger partial charge in [0.1, 0.15) is 0 Å². The van der Waals surface area contributed by atoms with Crippen LogP contribution in [-0.2, 0) is 0 Å². The van der Waals surface area contributed by atoms with Gasteiger partial charge >= 0.3 is 0 Å². The van der Waals surface area contributed by atoms with Gasteiger partial charge in [0.05, 0.1) is 26.5 Å². The van der Waals surface area contributed by atoms with E-state index in [2.05, 4.69) is 34.1 Å². The molecule has 0 saturated carbocycles. The summed E-state index contributed by atoms with van der Waals surface area (Å²) < 4.78 is 1.07. The maximum atomic E-state index is 12.5. The standard InChI is InChI=1S/C18H21N5OS/c1-10(2)17-22-14-7-6-12(8-15(14)25-17)21-16(24)13-9-19-18(23(4)5)20-11(13)3/h6-10H,1-5H3,(H,21,24). The van der Waals surface area contributed by atoms with Gasteiger partial charge in [-0.2, -0.15) is 0 Å². The van der Waals surface area contributed by atoms with Crippen molar-refractivity contribution in [3.05, 3.63) is 40.7 Å². The van der Waals surface area contributed by atoms with E-state index in [-0.39, 0.29) is 5.91 Å². The van der Waals surface area contributed by atoms with E-state index in [1.807, 2.05) is 39.2 Å². The van der Waals surface area contributed by atoms with Crippen LogP contribution in [0.2, 0.25) is 0 Å². The van der Waals surface area contributed by atoms with Crippen molar-refractivity contribution >= 4 is 39.1 Å². The third-order valence-electron chi connectivity index (χ3n) is 3.77. The van der Waals surface area contributed by atoms with Crippen molar-refractivity contribution in [3.8, 4) is 0 Å². The predicted molar refractivity (Wildman–Crippen MR) is 103 cm³/mol. The molecule has 1 aromatic carbocycles. The number of amides is 1. The number of benzene rings is 1. The Bertz CT molecular complexity index is 932. The summed E-state index contributed by atoms with van der Waals surface area (Å²) in [6.45, 7) is 6.06. The Morgan fingerprint density at radius 1 is 1.24 bits per heavy atom. The topological polar surface area (TPSA) is 71.0 Å². The van der Waals surface area contributed by atoms with Crippen LogP contribution in [-0.4, -0.2) is 35.0 Å². The molecular formula is C18H21N5OS. The Kier molecular flexibility index (Phi) is 4.67. The number of rotatable bonds is 4. The van der Waals surface area contributed by atoms with Gasteiger partial charge in [-0.15, -0.1) is 11.3 Å². The molecule has 3 rings (SSSR count). The van der Waals surface area contributed by atoms with Gasteiger partial charge in [0.25, 0.3) is 5.91 Å². The molecule has 25 heavy (non-hydrogen) atoms. The molecule has 0 aliphatic heterocycles. The molecule has 0 fully saturated rings. The molecule has 3 aromatic rings. The molecule has 0 unspecified atom stereocenters. The molecule has 1 amide bonds. The molecular weight excluding hydrogens is 334 g/mol. The number of hydrogen-bond donors (Lipinski definition) is 1. The number of carbonyl (C=O) groups is 1. The van der Waals surface area contributed by atoms with Crippen LogP contribution < -0.4 is 10.2 Å². The first-order chi connectivity index (χ1) is 11.8. The molecule has 1 N–H and O–H groups in total. The fourth-order valence-corrected chi connectivity index (χ4v) is 3.37. The summed E-state index contributed by atoms with van der Waals surface area (Å²) in [4.78, 5) is 27.5. The van der Waals surface area contributed by atoms with Crippen LogP contribution in [0, 0.1) is 6.92 Å². The van der Waals surface area contributed by atoms with Crippen LogP contribution >= 0.6 is 11.3 Å². The molecule has 130 valence electrons. The number of anilines is 2. The molecule has 0 atom stereocenters. The van der Waals surface area contributed by atoms with E-state index >= 15 is 0 Å². The normalized spacial score (nSPS) is 11.1. The van der Waals surface area contributed by atoms with Crippen LogP contribution in [0.15, 0.2) is 24.4 Å². The minimum atomic E-state index is -0.212. The maximum absolute atomic E-state index is 12.5. The summed E-state index contributed by atoms with van der Waals surface area (Å²) in [7, 11) is 3.73. The first-order valence-corrected chi connectivity index (χ1v) is 8.89. The molecule has 7 heteroatoms. The van der Waals surface area contributed by atoms with Crippen LogP contribution in [0.4, 0.5) is 11.6 Å². The van der Waals surface area contributed by atoms with E-state index in [0.29, 0.717) is 23.1 Å². The lowest BCUT2D eigenvalue weighted by Gasteiger charge is -2.12. The van der Waals surface area contributed by atoms with Gasteiger partial charge < -0.3 is 10.2 Å². The number of aryl methyl sites for hydroxylation is 1. The van der Waals surface area contributed by atoms with Gasteiger partial charge in [-0.3, -0.25) is 4.79 Å². The van der Waals surface area contributed by atoms with Gasteiger partial charge in [-0.1, -0.05) is 13.8 Å². The predicted octanol–water partition coefficient (Wildman–Crippen LogP) is 3.84. The van der Waals surface area contributed by atoms with E-state index in [1.54, 1.807) is 22.4 Å². The van der Waals surface area contributed by atoms with E-state index in [9.17, 15) is 4.79 Å². The van der Waals surface area contributed by atoms with Crippen molar-refractivity contribution in [1.29, 1.82) is 0 Å². The van der Waals surface area contributed by atoms with Crippen LogP contribution in [0.5, 0.6) is 0 Å². The van der Waals surface area contributed by atoms with Crippen molar-refractivity contribution in [2.75, 3.05) is 24.3 Å². The average Bonchev–Trinajstić information content (AvgIpc) is 2.98. The van der Waals surface area contributed by atoms with Crippen molar-refractivity contribution in [2.24, 2.45) is 0 Å². The fraction of sp³-hybridized carbons (Fsp3) is 0.333. The van der Waals surface area contributed by atoms with E-state index < -0.39 is 0 Å². The first-order valence-electron chi connectivity index (χ1n) is 8.08. The number of hydrogen-bond acceptors (Lipinski definition) is 6. The molecule has 0 saturated heterocycles. The number of nitrogens with one attached hydrogen (secondary N) is 1. The van der Waals surface area contributed by atoms with Crippen LogP contribution in [0.3, 0.4) is 0 Å². The Morgan fingerprint density at radius 3 is 2.64 bits per heavy atom. The average molecular weight is 355 g/mol. The summed E-state index contributed by atoms with van der Waals surface area (Å²) in [5, 5.41) is 4.02. The second kappa shape index (κ2) is 6.76. The Labute approximate surface area is 150 Å². The highest BCUT2D eigenvalue weighted by atomic mass is 32.1.